The molecule has 0 radical (unpaired) electrons. The minimum absolute atomic E-state index is 0.126. The number of rotatable bonds is 6. The fourth-order valence-corrected chi connectivity index (χ4v) is 5.33. The minimum atomic E-state index is -0.126. The molecule has 1 aromatic heterocycles. The number of thiophene rings is 1. The van der Waals surface area contributed by atoms with Gasteiger partial charge in [0.05, 0.1) is 0 Å². The molecule has 4 rings (SSSR count). The third kappa shape index (κ3) is 4.32. The highest BCUT2D eigenvalue weighted by atomic mass is 32.1. The summed E-state index contributed by atoms with van der Waals surface area (Å²) in [5.41, 5.74) is 4.09. The maximum atomic E-state index is 14.8. The summed E-state index contributed by atoms with van der Waals surface area (Å²) in [5.74, 6) is 0.707. The van der Waals surface area contributed by atoms with E-state index in [1.54, 1.807) is 17.4 Å². The Morgan fingerprint density at radius 3 is 2.37 bits per heavy atom. The summed E-state index contributed by atoms with van der Waals surface area (Å²) >= 11 is 1.76. The number of benzene rings is 2. The highest BCUT2D eigenvalue weighted by Crippen LogP contribution is 2.35. The zero-order chi connectivity index (χ0) is 18.6. The van der Waals surface area contributed by atoms with Crippen LogP contribution in [0.25, 0.3) is 21.6 Å². The van der Waals surface area contributed by atoms with Gasteiger partial charge in [0.2, 0.25) is 0 Å². The Morgan fingerprint density at radius 1 is 0.926 bits per heavy atom. The second kappa shape index (κ2) is 8.39. The summed E-state index contributed by atoms with van der Waals surface area (Å²) in [5, 5.41) is 0. The molecular formula is C25H27FS. The molecule has 140 valence electrons. The first-order valence-electron chi connectivity index (χ1n) is 10.2. The molecule has 2 aromatic carbocycles. The SMILES string of the molecule is CCCc1ccc(-c2ccc(-c3ccc(CC4CCCC4)s3)c(F)c2)cc1. The molecule has 1 saturated carbocycles. The summed E-state index contributed by atoms with van der Waals surface area (Å²) < 4.78 is 14.8. The normalized spacial score (nSPS) is 14.7. The molecule has 0 atom stereocenters. The lowest BCUT2D eigenvalue weighted by Gasteiger charge is -2.07. The summed E-state index contributed by atoms with van der Waals surface area (Å²) in [7, 11) is 0. The molecule has 1 fully saturated rings. The molecular weight excluding hydrogens is 351 g/mol. The molecule has 0 saturated heterocycles. The van der Waals surface area contributed by atoms with Crippen molar-refractivity contribution in [3.05, 3.63) is 70.9 Å². The van der Waals surface area contributed by atoms with Crippen molar-refractivity contribution in [3.8, 4) is 21.6 Å². The number of aryl methyl sites for hydroxylation is 1. The molecule has 1 heterocycles. The monoisotopic (exact) mass is 378 g/mol. The Labute approximate surface area is 166 Å². The predicted octanol–water partition coefficient (Wildman–Crippen LogP) is 7.91. The van der Waals surface area contributed by atoms with Gasteiger partial charge in [-0.25, -0.2) is 4.39 Å². The van der Waals surface area contributed by atoms with Gasteiger partial charge in [0.25, 0.3) is 0 Å². The van der Waals surface area contributed by atoms with E-state index < -0.39 is 0 Å². The molecule has 0 bridgehead atoms. The zero-order valence-corrected chi connectivity index (χ0v) is 16.8. The third-order valence-electron chi connectivity index (χ3n) is 5.69. The van der Waals surface area contributed by atoms with Gasteiger partial charge in [0.15, 0.2) is 0 Å². The Bertz CT molecular complexity index is 885. The van der Waals surface area contributed by atoms with Crippen LogP contribution < -0.4 is 0 Å². The molecule has 2 heteroatoms. The molecule has 0 amide bonds. The number of halogens is 1. The lowest BCUT2D eigenvalue weighted by molar-refractivity contribution is 0.551. The van der Waals surface area contributed by atoms with E-state index in [-0.39, 0.29) is 5.82 Å². The maximum absolute atomic E-state index is 14.8. The van der Waals surface area contributed by atoms with Gasteiger partial charge >= 0.3 is 0 Å². The summed E-state index contributed by atoms with van der Waals surface area (Å²) in [6, 6.07) is 18.5. The molecule has 0 spiro atoms. The van der Waals surface area contributed by atoms with E-state index in [4.69, 9.17) is 0 Å². The van der Waals surface area contributed by atoms with Gasteiger partial charge < -0.3 is 0 Å². The van der Waals surface area contributed by atoms with E-state index in [2.05, 4.69) is 43.3 Å². The second-order valence-corrected chi connectivity index (χ2v) is 8.93. The van der Waals surface area contributed by atoms with Crippen LogP contribution in [0.2, 0.25) is 0 Å². The molecule has 0 nitrogen and oxygen atoms in total. The van der Waals surface area contributed by atoms with Crippen molar-refractivity contribution >= 4 is 11.3 Å². The Hall–Kier alpha value is -1.93. The van der Waals surface area contributed by atoms with Gasteiger partial charge in [0.1, 0.15) is 5.82 Å². The van der Waals surface area contributed by atoms with Crippen molar-refractivity contribution in [2.45, 2.75) is 51.9 Å². The molecule has 0 unspecified atom stereocenters. The van der Waals surface area contributed by atoms with Gasteiger partial charge in [-0.05, 0) is 59.7 Å². The molecule has 0 aliphatic heterocycles. The average Bonchev–Trinajstić information content (AvgIpc) is 3.35. The van der Waals surface area contributed by atoms with Crippen molar-refractivity contribution in [2.75, 3.05) is 0 Å². The van der Waals surface area contributed by atoms with E-state index in [1.807, 2.05) is 12.1 Å². The molecule has 1 aliphatic rings. The predicted molar refractivity (Wildman–Crippen MR) is 115 cm³/mol. The van der Waals surface area contributed by atoms with Gasteiger partial charge in [-0.1, -0.05) is 69.4 Å². The maximum Gasteiger partial charge on any atom is 0.132 e. The van der Waals surface area contributed by atoms with Crippen LogP contribution in [-0.4, -0.2) is 0 Å². The fourth-order valence-electron chi connectivity index (χ4n) is 4.18. The molecule has 3 aromatic rings. The van der Waals surface area contributed by atoms with Crippen LogP contribution >= 0.6 is 11.3 Å². The van der Waals surface area contributed by atoms with Gasteiger partial charge in [-0.15, -0.1) is 11.3 Å². The first-order valence-corrected chi connectivity index (χ1v) is 11.0. The minimum Gasteiger partial charge on any atom is -0.206 e. The largest absolute Gasteiger partial charge is 0.206 e. The second-order valence-electron chi connectivity index (χ2n) is 7.76. The van der Waals surface area contributed by atoms with Crippen LogP contribution in [0.1, 0.15) is 49.5 Å². The van der Waals surface area contributed by atoms with Crippen LogP contribution in [0.3, 0.4) is 0 Å². The highest BCUT2D eigenvalue weighted by Gasteiger charge is 2.17. The topological polar surface area (TPSA) is 0 Å². The Balaban J connectivity index is 1.52. The van der Waals surface area contributed by atoms with Crippen LogP contribution in [0.5, 0.6) is 0 Å². The van der Waals surface area contributed by atoms with Crippen molar-refractivity contribution in [2.24, 2.45) is 5.92 Å². The summed E-state index contributed by atoms with van der Waals surface area (Å²) in [4.78, 5) is 2.44. The number of hydrogen-bond acceptors (Lipinski definition) is 1. The van der Waals surface area contributed by atoms with Crippen molar-refractivity contribution in [3.63, 3.8) is 0 Å². The smallest absolute Gasteiger partial charge is 0.132 e. The summed E-state index contributed by atoms with van der Waals surface area (Å²) in [6.45, 7) is 2.19. The van der Waals surface area contributed by atoms with E-state index in [0.717, 1.165) is 46.7 Å². The fraction of sp³-hybridized carbons (Fsp3) is 0.360. The first-order chi connectivity index (χ1) is 13.2. The first kappa shape index (κ1) is 18.4. The van der Waals surface area contributed by atoms with Crippen molar-refractivity contribution in [1.29, 1.82) is 0 Å². The lowest BCUT2D eigenvalue weighted by atomic mass is 10.0. The lowest BCUT2D eigenvalue weighted by Crippen LogP contribution is -1.95. The van der Waals surface area contributed by atoms with E-state index in [1.165, 1.54) is 36.1 Å². The van der Waals surface area contributed by atoms with Crippen LogP contribution in [0, 0.1) is 11.7 Å². The van der Waals surface area contributed by atoms with E-state index in [0.29, 0.717) is 0 Å². The van der Waals surface area contributed by atoms with Crippen LogP contribution in [0.15, 0.2) is 54.6 Å². The molecule has 27 heavy (non-hydrogen) atoms. The number of hydrogen-bond donors (Lipinski definition) is 0. The quantitative estimate of drug-likeness (QED) is 0.409. The standard InChI is InChI=1S/C25H27FS/c1-2-5-18-8-10-20(11-9-18)21-12-14-23(24(26)17-21)25-15-13-22(27-25)16-19-6-3-4-7-19/h8-15,17,19H,2-7,16H2,1H3. The highest BCUT2D eigenvalue weighted by molar-refractivity contribution is 7.15. The average molecular weight is 379 g/mol. The van der Waals surface area contributed by atoms with Crippen LogP contribution in [-0.2, 0) is 12.8 Å². The molecule has 1 aliphatic carbocycles. The zero-order valence-electron chi connectivity index (χ0n) is 16.0. The van der Waals surface area contributed by atoms with Crippen molar-refractivity contribution in [1.82, 2.24) is 0 Å². The van der Waals surface area contributed by atoms with E-state index in [9.17, 15) is 4.39 Å². The van der Waals surface area contributed by atoms with Crippen molar-refractivity contribution < 1.29 is 4.39 Å². The Morgan fingerprint density at radius 2 is 1.67 bits per heavy atom. The third-order valence-corrected chi connectivity index (χ3v) is 6.83. The van der Waals surface area contributed by atoms with Gasteiger partial charge in [0, 0.05) is 15.3 Å². The Kier molecular flexibility index (Phi) is 5.73. The van der Waals surface area contributed by atoms with E-state index >= 15 is 0 Å². The van der Waals surface area contributed by atoms with Crippen LogP contribution in [0.4, 0.5) is 4.39 Å². The summed E-state index contributed by atoms with van der Waals surface area (Å²) in [6.07, 6.45) is 8.85. The molecule has 0 N–H and O–H groups in total. The van der Waals surface area contributed by atoms with Gasteiger partial charge in [-0.3, -0.25) is 0 Å². The van der Waals surface area contributed by atoms with Gasteiger partial charge in [-0.2, -0.15) is 0 Å².